The molecule has 1 amide bonds. The van der Waals surface area contributed by atoms with Crippen molar-refractivity contribution in [3.8, 4) is 0 Å². The molecule has 1 fully saturated rings. The fourth-order valence-corrected chi connectivity index (χ4v) is 3.21. The van der Waals surface area contributed by atoms with E-state index in [1.165, 1.54) is 0 Å². The van der Waals surface area contributed by atoms with Gasteiger partial charge in [-0.05, 0) is 18.1 Å². The topological polar surface area (TPSA) is 73.4 Å². The minimum absolute atomic E-state index is 0.0443. The van der Waals surface area contributed by atoms with Crippen molar-refractivity contribution in [3.63, 3.8) is 0 Å². The lowest BCUT2D eigenvalue weighted by atomic mass is 9.94. The number of morpholine rings is 1. The van der Waals surface area contributed by atoms with Gasteiger partial charge in [0.1, 0.15) is 0 Å². The molecule has 1 aliphatic rings. The number of carbonyl (C=O) groups excluding carboxylic acids is 1. The van der Waals surface area contributed by atoms with E-state index < -0.39 is 0 Å². The molecule has 3 atom stereocenters. The fraction of sp³-hybridized carbons (Fsp3) is 0.474. The zero-order chi connectivity index (χ0) is 17.8. The Labute approximate surface area is 148 Å². The van der Waals surface area contributed by atoms with Crippen molar-refractivity contribution in [2.24, 2.45) is 11.7 Å². The molecule has 0 aliphatic carbocycles. The Kier molecular flexibility index (Phi) is 5.50. The SMILES string of the molecule is Cc1cnn(CC2CN(C(=O)C(C)C(N)c3ccccc3)CCO2)c1. The molecule has 25 heavy (non-hydrogen) atoms. The van der Waals surface area contributed by atoms with Crippen LogP contribution in [0.4, 0.5) is 0 Å². The Hall–Kier alpha value is -2.18. The van der Waals surface area contributed by atoms with E-state index in [4.69, 9.17) is 10.5 Å². The van der Waals surface area contributed by atoms with E-state index in [9.17, 15) is 4.79 Å². The second-order valence-electron chi connectivity index (χ2n) is 6.74. The molecule has 1 aromatic heterocycles. The second kappa shape index (κ2) is 7.80. The monoisotopic (exact) mass is 342 g/mol. The maximum absolute atomic E-state index is 12.9. The number of aromatic nitrogens is 2. The van der Waals surface area contributed by atoms with Crippen LogP contribution in [0.1, 0.15) is 24.1 Å². The van der Waals surface area contributed by atoms with Gasteiger partial charge in [-0.15, -0.1) is 0 Å². The van der Waals surface area contributed by atoms with Gasteiger partial charge in [0.05, 0.1) is 31.4 Å². The summed E-state index contributed by atoms with van der Waals surface area (Å²) in [5.74, 6) is -0.186. The summed E-state index contributed by atoms with van der Waals surface area (Å²) in [6, 6.07) is 9.48. The summed E-state index contributed by atoms with van der Waals surface area (Å²) in [6.45, 7) is 6.29. The van der Waals surface area contributed by atoms with Gasteiger partial charge < -0.3 is 15.4 Å². The number of amides is 1. The lowest BCUT2D eigenvalue weighted by molar-refractivity contribution is -0.143. The van der Waals surface area contributed by atoms with E-state index in [2.05, 4.69) is 5.10 Å². The van der Waals surface area contributed by atoms with Crippen molar-refractivity contribution in [3.05, 3.63) is 53.9 Å². The number of nitrogens with zero attached hydrogens (tertiary/aromatic N) is 3. The molecule has 1 aromatic carbocycles. The number of hydrogen-bond acceptors (Lipinski definition) is 4. The van der Waals surface area contributed by atoms with E-state index in [0.29, 0.717) is 26.2 Å². The van der Waals surface area contributed by atoms with Crippen LogP contribution < -0.4 is 5.73 Å². The molecule has 1 aliphatic heterocycles. The molecule has 2 N–H and O–H groups in total. The Balaban J connectivity index is 1.61. The van der Waals surface area contributed by atoms with Crippen molar-refractivity contribution in [2.75, 3.05) is 19.7 Å². The van der Waals surface area contributed by atoms with Gasteiger partial charge in [-0.1, -0.05) is 37.3 Å². The van der Waals surface area contributed by atoms with E-state index in [1.807, 2.05) is 66.2 Å². The standard InChI is InChI=1S/C19H26N4O2/c1-14-10-21-23(11-14)13-17-12-22(8-9-25-17)19(24)15(2)18(20)16-6-4-3-5-7-16/h3-7,10-11,15,17-18H,8-9,12-13,20H2,1-2H3. The van der Waals surface area contributed by atoms with Crippen LogP contribution in [0.25, 0.3) is 0 Å². The maximum atomic E-state index is 12.9. The zero-order valence-electron chi connectivity index (χ0n) is 14.8. The summed E-state index contributed by atoms with van der Waals surface area (Å²) in [5, 5.41) is 4.30. The van der Waals surface area contributed by atoms with Crippen LogP contribution in [0.2, 0.25) is 0 Å². The highest BCUT2D eigenvalue weighted by Gasteiger charge is 2.30. The van der Waals surface area contributed by atoms with E-state index in [1.54, 1.807) is 0 Å². The predicted molar refractivity (Wildman–Crippen MR) is 95.8 cm³/mol. The van der Waals surface area contributed by atoms with Gasteiger partial charge in [-0.2, -0.15) is 5.10 Å². The molecule has 0 spiro atoms. The summed E-state index contributed by atoms with van der Waals surface area (Å²) in [5.41, 5.74) is 8.42. The molecule has 3 unspecified atom stereocenters. The second-order valence-corrected chi connectivity index (χ2v) is 6.74. The van der Waals surface area contributed by atoms with Gasteiger partial charge in [0.25, 0.3) is 0 Å². The van der Waals surface area contributed by atoms with Crippen LogP contribution in [-0.2, 0) is 16.1 Å². The highest BCUT2D eigenvalue weighted by Crippen LogP contribution is 2.22. The molecule has 1 saturated heterocycles. The summed E-state index contributed by atoms with van der Waals surface area (Å²) in [6.07, 6.45) is 3.77. The van der Waals surface area contributed by atoms with Crippen LogP contribution in [0.3, 0.4) is 0 Å². The quantitative estimate of drug-likeness (QED) is 0.898. The van der Waals surface area contributed by atoms with E-state index >= 15 is 0 Å². The van der Waals surface area contributed by atoms with Crippen LogP contribution in [0.5, 0.6) is 0 Å². The average molecular weight is 342 g/mol. The van der Waals surface area contributed by atoms with Gasteiger partial charge >= 0.3 is 0 Å². The van der Waals surface area contributed by atoms with Gasteiger partial charge in [0.2, 0.25) is 5.91 Å². The van der Waals surface area contributed by atoms with E-state index in [-0.39, 0.29) is 24.0 Å². The van der Waals surface area contributed by atoms with Gasteiger partial charge in [0.15, 0.2) is 0 Å². The molecule has 134 valence electrons. The van der Waals surface area contributed by atoms with Crippen molar-refractivity contribution in [1.29, 1.82) is 0 Å². The Morgan fingerprint density at radius 1 is 1.40 bits per heavy atom. The minimum Gasteiger partial charge on any atom is -0.373 e. The van der Waals surface area contributed by atoms with Crippen molar-refractivity contribution in [2.45, 2.75) is 32.5 Å². The molecular formula is C19H26N4O2. The third-order valence-electron chi connectivity index (χ3n) is 4.72. The number of benzene rings is 1. The summed E-state index contributed by atoms with van der Waals surface area (Å²) >= 11 is 0. The van der Waals surface area contributed by atoms with Crippen molar-refractivity contribution >= 4 is 5.91 Å². The first kappa shape index (κ1) is 17.6. The largest absolute Gasteiger partial charge is 0.373 e. The summed E-state index contributed by atoms with van der Waals surface area (Å²) in [7, 11) is 0. The molecule has 6 heteroatoms. The van der Waals surface area contributed by atoms with Crippen molar-refractivity contribution in [1.82, 2.24) is 14.7 Å². The third-order valence-corrected chi connectivity index (χ3v) is 4.72. The summed E-state index contributed by atoms with van der Waals surface area (Å²) in [4.78, 5) is 14.8. The highest BCUT2D eigenvalue weighted by molar-refractivity contribution is 5.79. The summed E-state index contributed by atoms with van der Waals surface area (Å²) < 4.78 is 7.68. The fourth-order valence-electron chi connectivity index (χ4n) is 3.21. The van der Waals surface area contributed by atoms with Crippen LogP contribution in [0, 0.1) is 12.8 Å². The Morgan fingerprint density at radius 3 is 2.84 bits per heavy atom. The number of hydrogen-bond donors (Lipinski definition) is 1. The van der Waals surface area contributed by atoms with E-state index in [0.717, 1.165) is 11.1 Å². The van der Waals surface area contributed by atoms with Crippen LogP contribution in [0.15, 0.2) is 42.7 Å². The normalized spacial score (nSPS) is 20.3. The third kappa shape index (κ3) is 4.27. The molecule has 3 rings (SSSR count). The molecular weight excluding hydrogens is 316 g/mol. The Bertz CT molecular complexity index is 700. The van der Waals surface area contributed by atoms with Gasteiger partial charge in [-0.25, -0.2) is 0 Å². The highest BCUT2D eigenvalue weighted by atomic mass is 16.5. The lowest BCUT2D eigenvalue weighted by Gasteiger charge is -2.35. The van der Waals surface area contributed by atoms with Gasteiger partial charge in [0, 0.05) is 25.3 Å². The molecule has 6 nitrogen and oxygen atoms in total. The number of ether oxygens (including phenoxy) is 1. The molecule has 0 bridgehead atoms. The number of rotatable bonds is 5. The Morgan fingerprint density at radius 2 is 2.16 bits per heavy atom. The molecule has 2 heterocycles. The molecule has 2 aromatic rings. The lowest BCUT2D eigenvalue weighted by Crippen LogP contribution is -2.49. The first-order valence-electron chi connectivity index (χ1n) is 8.74. The number of carbonyl (C=O) groups is 1. The van der Waals surface area contributed by atoms with Gasteiger partial charge in [-0.3, -0.25) is 9.48 Å². The first-order valence-corrected chi connectivity index (χ1v) is 8.74. The van der Waals surface area contributed by atoms with Crippen LogP contribution in [-0.4, -0.2) is 46.4 Å². The van der Waals surface area contributed by atoms with Crippen molar-refractivity contribution < 1.29 is 9.53 Å². The zero-order valence-corrected chi connectivity index (χ0v) is 14.8. The van der Waals surface area contributed by atoms with Crippen LogP contribution >= 0.6 is 0 Å². The molecule has 0 radical (unpaired) electrons. The average Bonchev–Trinajstić information content (AvgIpc) is 3.05. The minimum atomic E-state index is -0.302. The first-order chi connectivity index (χ1) is 12.0. The number of nitrogens with two attached hydrogens (primary N) is 1. The smallest absolute Gasteiger partial charge is 0.227 e. The predicted octanol–water partition coefficient (Wildman–Crippen LogP) is 1.76. The number of aryl methyl sites for hydroxylation is 1. The molecule has 0 saturated carbocycles. The maximum Gasteiger partial charge on any atom is 0.227 e.